The van der Waals surface area contributed by atoms with E-state index in [1.807, 2.05) is 0 Å². The summed E-state index contributed by atoms with van der Waals surface area (Å²) in [4.78, 5) is 0. The van der Waals surface area contributed by atoms with Gasteiger partial charge in [0.1, 0.15) is 0 Å². The van der Waals surface area contributed by atoms with E-state index in [1.54, 1.807) is 0 Å². The lowest BCUT2D eigenvalue weighted by atomic mass is 10.0. The first-order valence-corrected chi connectivity index (χ1v) is 9.82. The fraction of sp³-hybridized carbons (Fsp3) is 0.800. The van der Waals surface area contributed by atoms with Crippen molar-refractivity contribution in [3.05, 3.63) is 11.4 Å². The Hall–Kier alpha value is 0.0200. The van der Waals surface area contributed by atoms with Crippen LogP contribution in [0, 0.1) is 0 Å². The molecule has 0 radical (unpaired) electrons. The lowest BCUT2D eigenvalue weighted by Crippen LogP contribution is -2.24. The first kappa shape index (κ1) is 14.1. The lowest BCUT2D eigenvalue weighted by Gasteiger charge is -2.17. The Bertz CT molecular complexity index is 352. The number of hydrogen-bond acceptors (Lipinski definition) is 4. The summed E-state index contributed by atoms with van der Waals surface area (Å²) >= 11 is 1.47. The van der Waals surface area contributed by atoms with Crippen LogP contribution >= 0.6 is 21.2 Å². The third-order valence-corrected chi connectivity index (χ3v) is 4.71. The van der Waals surface area contributed by atoms with Gasteiger partial charge in [0.05, 0.1) is 27.0 Å². The van der Waals surface area contributed by atoms with E-state index in [0.717, 1.165) is 37.1 Å². The van der Waals surface area contributed by atoms with Crippen LogP contribution in [-0.4, -0.2) is 20.7 Å². The first-order valence-electron chi connectivity index (χ1n) is 5.63. The van der Waals surface area contributed by atoms with Crippen molar-refractivity contribution in [3.8, 4) is 0 Å². The molecule has 3 N–H and O–H groups in total. The van der Waals surface area contributed by atoms with E-state index in [1.165, 1.54) is 34.0 Å². The van der Waals surface area contributed by atoms with Gasteiger partial charge in [-0.15, -0.1) is 0 Å². The van der Waals surface area contributed by atoms with Gasteiger partial charge in [-0.2, -0.15) is 0 Å². The average molecular weight is 358 g/mol. The van der Waals surface area contributed by atoms with E-state index in [4.69, 9.17) is 5.73 Å². The molecule has 1 rings (SSSR count). The summed E-state index contributed by atoms with van der Waals surface area (Å²) in [6.07, 6.45) is 6.65. The molecule has 4 nitrogen and oxygen atoms in total. The number of nitrogens with one attached hydrogen (secondary N) is 1. The zero-order valence-corrected chi connectivity index (χ0v) is 12.3. The van der Waals surface area contributed by atoms with Crippen molar-refractivity contribution < 1.29 is 8.42 Å². The molecule has 1 aliphatic carbocycles. The molecular weight excluding hydrogens is 339 g/mol. The third-order valence-electron chi connectivity index (χ3n) is 2.69. The Morgan fingerprint density at radius 1 is 1.19 bits per heavy atom. The SMILES string of the molecule is N/C1=C(\NCCS(=O)(=O)I)CCCCCC1. The van der Waals surface area contributed by atoms with Crippen LogP contribution in [0.5, 0.6) is 0 Å². The summed E-state index contributed by atoms with van der Waals surface area (Å²) in [6.45, 7) is 0.460. The van der Waals surface area contributed by atoms with Gasteiger partial charge in [-0.3, -0.25) is 0 Å². The smallest absolute Gasteiger partial charge is 0.204 e. The molecule has 6 heteroatoms. The number of rotatable bonds is 4. The molecule has 0 aromatic rings. The van der Waals surface area contributed by atoms with Crippen LogP contribution in [0.3, 0.4) is 0 Å². The Morgan fingerprint density at radius 3 is 2.44 bits per heavy atom. The molecule has 0 spiro atoms. The molecule has 0 amide bonds. The molecule has 0 bridgehead atoms. The maximum Gasteiger partial charge on any atom is 0.204 e. The maximum absolute atomic E-state index is 11.0. The van der Waals surface area contributed by atoms with Gasteiger partial charge in [0.2, 0.25) is 7.01 Å². The second kappa shape index (κ2) is 6.68. The van der Waals surface area contributed by atoms with Crippen molar-refractivity contribution >= 4 is 28.2 Å². The molecule has 1 aliphatic rings. The van der Waals surface area contributed by atoms with E-state index in [2.05, 4.69) is 5.32 Å². The van der Waals surface area contributed by atoms with E-state index < -0.39 is 7.01 Å². The zero-order valence-electron chi connectivity index (χ0n) is 9.34. The van der Waals surface area contributed by atoms with Crippen LogP contribution in [0.15, 0.2) is 11.4 Å². The minimum Gasteiger partial charge on any atom is -0.401 e. The molecular formula is C10H19IN2O2S. The number of halogens is 1. The summed E-state index contributed by atoms with van der Waals surface area (Å²) in [5, 5.41) is 3.17. The minimum absolute atomic E-state index is 0.157. The second-order valence-electron chi connectivity index (χ2n) is 4.09. The standard InChI is InChI=1S/C10H19IN2O2S/c11-16(14,15)8-7-13-10-6-4-2-1-3-5-9(10)12/h13H,1-8,12H2/b10-9-. The topological polar surface area (TPSA) is 72.2 Å². The Labute approximate surface area is 110 Å². The van der Waals surface area contributed by atoms with Crippen molar-refractivity contribution in [2.45, 2.75) is 38.5 Å². The van der Waals surface area contributed by atoms with Gasteiger partial charge in [0.25, 0.3) is 0 Å². The molecule has 0 aromatic heterocycles. The molecule has 16 heavy (non-hydrogen) atoms. The Balaban J connectivity index is 2.46. The van der Waals surface area contributed by atoms with Crippen LogP contribution in [0.4, 0.5) is 0 Å². The van der Waals surface area contributed by atoms with E-state index in [9.17, 15) is 8.42 Å². The van der Waals surface area contributed by atoms with Crippen molar-refractivity contribution in [2.24, 2.45) is 5.73 Å². The minimum atomic E-state index is -2.91. The maximum atomic E-state index is 11.0. The van der Waals surface area contributed by atoms with Crippen molar-refractivity contribution in [3.63, 3.8) is 0 Å². The number of hydrogen-bond donors (Lipinski definition) is 2. The summed E-state index contributed by atoms with van der Waals surface area (Å²) in [5.74, 6) is 0.157. The number of nitrogens with two attached hydrogens (primary N) is 1. The van der Waals surface area contributed by atoms with Gasteiger partial charge in [0.15, 0.2) is 0 Å². The predicted octanol–water partition coefficient (Wildman–Crippen LogP) is 1.87. The normalized spacial score (nSPS) is 23.6. The highest BCUT2D eigenvalue weighted by atomic mass is 127. The Morgan fingerprint density at radius 2 is 1.81 bits per heavy atom. The zero-order chi connectivity index (χ0) is 12.0. The summed E-state index contributed by atoms with van der Waals surface area (Å²) in [5.41, 5.74) is 7.93. The molecule has 0 unspecified atom stereocenters. The van der Waals surface area contributed by atoms with Gasteiger partial charge in [-0.25, -0.2) is 8.42 Å². The average Bonchev–Trinajstić information content (AvgIpc) is 2.15. The highest BCUT2D eigenvalue weighted by molar-refractivity contribution is 14.2. The van der Waals surface area contributed by atoms with Crippen LogP contribution in [0.25, 0.3) is 0 Å². The molecule has 0 heterocycles. The van der Waals surface area contributed by atoms with Gasteiger partial charge < -0.3 is 11.1 Å². The first-order chi connectivity index (χ1) is 7.49. The Kier molecular flexibility index (Phi) is 5.88. The predicted molar refractivity (Wildman–Crippen MR) is 74.7 cm³/mol. The fourth-order valence-corrected chi connectivity index (χ4v) is 2.81. The number of allylic oxidation sites excluding steroid dienone is 2. The van der Waals surface area contributed by atoms with Crippen molar-refractivity contribution in [2.75, 3.05) is 12.3 Å². The highest BCUT2D eigenvalue weighted by Gasteiger charge is 2.09. The summed E-state index contributed by atoms with van der Waals surface area (Å²) in [7, 11) is -2.91. The third kappa shape index (κ3) is 5.93. The summed E-state index contributed by atoms with van der Waals surface area (Å²) < 4.78 is 22.0. The van der Waals surface area contributed by atoms with E-state index in [0.29, 0.717) is 6.54 Å². The second-order valence-corrected chi connectivity index (χ2v) is 9.60. The van der Waals surface area contributed by atoms with Crippen LogP contribution in [0.2, 0.25) is 0 Å². The largest absolute Gasteiger partial charge is 0.401 e. The lowest BCUT2D eigenvalue weighted by molar-refractivity contribution is 0.581. The highest BCUT2D eigenvalue weighted by Crippen LogP contribution is 2.18. The monoisotopic (exact) mass is 358 g/mol. The van der Waals surface area contributed by atoms with Crippen molar-refractivity contribution in [1.29, 1.82) is 0 Å². The van der Waals surface area contributed by atoms with Gasteiger partial charge in [-0.1, -0.05) is 12.8 Å². The van der Waals surface area contributed by atoms with Crippen LogP contribution in [0.1, 0.15) is 38.5 Å². The molecule has 0 fully saturated rings. The van der Waals surface area contributed by atoms with E-state index in [-0.39, 0.29) is 5.75 Å². The summed E-state index contributed by atoms with van der Waals surface area (Å²) in [6, 6.07) is 0. The fourth-order valence-electron chi connectivity index (χ4n) is 1.81. The molecule has 0 aromatic carbocycles. The van der Waals surface area contributed by atoms with Crippen LogP contribution in [-0.2, 0) is 7.01 Å². The molecule has 0 aliphatic heterocycles. The molecule has 0 saturated heterocycles. The quantitative estimate of drug-likeness (QED) is 0.595. The van der Waals surface area contributed by atoms with Gasteiger partial charge >= 0.3 is 0 Å². The van der Waals surface area contributed by atoms with Crippen LogP contribution < -0.4 is 11.1 Å². The molecule has 0 atom stereocenters. The van der Waals surface area contributed by atoms with Gasteiger partial charge in [0, 0.05) is 17.9 Å². The molecule has 0 saturated carbocycles. The van der Waals surface area contributed by atoms with Crippen molar-refractivity contribution in [1.82, 2.24) is 5.32 Å². The van der Waals surface area contributed by atoms with Gasteiger partial charge in [-0.05, 0) is 25.7 Å². The molecule has 94 valence electrons. The van der Waals surface area contributed by atoms with E-state index >= 15 is 0 Å².